The number of benzene rings is 1. The Labute approximate surface area is 174 Å². The van der Waals surface area contributed by atoms with Crippen molar-refractivity contribution in [2.24, 2.45) is 4.99 Å². The molecule has 3 N–H and O–H groups in total. The molecule has 0 saturated heterocycles. The molecule has 2 aliphatic heterocycles. The molecule has 2 aromatic rings. The molecule has 0 radical (unpaired) electrons. The molecule has 2 aliphatic rings. The number of carbonyl (C=O) groups is 1. The van der Waals surface area contributed by atoms with E-state index in [9.17, 15) is 13.6 Å². The minimum Gasteiger partial charge on any atom is -0.481 e. The minimum atomic E-state index is -3.03. The number of hydrazine groups is 1. The van der Waals surface area contributed by atoms with E-state index in [0.29, 0.717) is 22.3 Å². The molecule has 0 saturated carbocycles. The van der Waals surface area contributed by atoms with Crippen LogP contribution in [0.5, 0.6) is 5.75 Å². The van der Waals surface area contributed by atoms with E-state index in [0.717, 1.165) is 0 Å². The predicted molar refractivity (Wildman–Crippen MR) is 105 cm³/mol. The van der Waals surface area contributed by atoms with Gasteiger partial charge in [0.05, 0.1) is 18.4 Å². The summed E-state index contributed by atoms with van der Waals surface area (Å²) in [5, 5.41) is 11.3. The number of nitrogens with one attached hydrogen (secondary N) is 3. The number of rotatable bonds is 5. The van der Waals surface area contributed by atoms with Gasteiger partial charge in [0.15, 0.2) is 5.82 Å². The fraction of sp³-hybridized carbons (Fsp3) is 0.167. The van der Waals surface area contributed by atoms with Crippen LogP contribution in [0.25, 0.3) is 11.3 Å². The second kappa shape index (κ2) is 8.13. The molecule has 12 heteroatoms. The van der Waals surface area contributed by atoms with Crippen molar-refractivity contribution in [1.29, 1.82) is 0 Å². The van der Waals surface area contributed by atoms with Crippen molar-refractivity contribution in [2.75, 3.05) is 19.0 Å². The van der Waals surface area contributed by atoms with Gasteiger partial charge >= 0.3 is 6.61 Å². The van der Waals surface area contributed by atoms with Crippen LogP contribution in [0.4, 0.5) is 14.5 Å². The molecule has 30 heavy (non-hydrogen) atoms. The van der Waals surface area contributed by atoms with Crippen molar-refractivity contribution < 1.29 is 23.0 Å². The Bertz CT molecular complexity index is 1080. The smallest absolute Gasteiger partial charge is 0.387 e. The van der Waals surface area contributed by atoms with Crippen LogP contribution in [0.2, 0.25) is 5.02 Å². The molecule has 1 aromatic carbocycles. The predicted octanol–water partition coefficient (Wildman–Crippen LogP) is 2.87. The van der Waals surface area contributed by atoms with Crippen LogP contribution in [0.3, 0.4) is 0 Å². The van der Waals surface area contributed by atoms with E-state index in [2.05, 4.69) is 30.7 Å². The molecule has 4 rings (SSSR count). The van der Waals surface area contributed by atoms with Gasteiger partial charge in [0.25, 0.3) is 5.91 Å². The van der Waals surface area contributed by atoms with Crippen molar-refractivity contribution in [3.63, 3.8) is 0 Å². The Balaban J connectivity index is 1.64. The Morgan fingerprint density at radius 3 is 3.00 bits per heavy atom. The summed E-state index contributed by atoms with van der Waals surface area (Å²) < 4.78 is 35.2. The van der Waals surface area contributed by atoms with Gasteiger partial charge < -0.3 is 14.8 Å². The van der Waals surface area contributed by atoms with Gasteiger partial charge in [-0.05, 0) is 18.2 Å². The molecule has 156 valence electrons. The first kappa shape index (κ1) is 19.9. The highest BCUT2D eigenvalue weighted by atomic mass is 35.5. The molecule has 1 amide bonds. The lowest BCUT2D eigenvalue weighted by Gasteiger charge is -2.18. The lowest BCUT2D eigenvalue weighted by molar-refractivity contribution is -0.112. The monoisotopic (exact) mass is 436 g/mol. The first-order valence-electron chi connectivity index (χ1n) is 8.63. The summed E-state index contributed by atoms with van der Waals surface area (Å²) in [5.41, 5.74) is 4.01. The third-order valence-corrected chi connectivity index (χ3v) is 4.53. The highest BCUT2D eigenvalue weighted by molar-refractivity contribution is 6.31. The average molecular weight is 437 g/mol. The molecule has 0 fully saturated rings. The van der Waals surface area contributed by atoms with Crippen LogP contribution in [-0.2, 0) is 9.53 Å². The lowest BCUT2D eigenvalue weighted by Crippen LogP contribution is -2.28. The van der Waals surface area contributed by atoms with Crippen molar-refractivity contribution in [1.82, 2.24) is 20.6 Å². The normalized spacial score (nSPS) is 15.4. The Kier molecular flexibility index (Phi) is 5.38. The zero-order valence-corrected chi connectivity index (χ0v) is 16.2. The topological polar surface area (TPSA) is 104 Å². The molecule has 3 heterocycles. The van der Waals surface area contributed by atoms with Gasteiger partial charge in [-0.2, -0.15) is 18.9 Å². The molecular weight excluding hydrogens is 422 g/mol. The maximum Gasteiger partial charge on any atom is 0.387 e. The third-order valence-electron chi connectivity index (χ3n) is 4.29. The zero-order chi connectivity index (χ0) is 21.3. The quantitative estimate of drug-likeness (QED) is 0.666. The van der Waals surface area contributed by atoms with Gasteiger partial charge in [0, 0.05) is 35.6 Å². The van der Waals surface area contributed by atoms with Crippen molar-refractivity contribution in [2.45, 2.75) is 6.61 Å². The van der Waals surface area contributed by atoms with E-state index in [1.54, 1.807) is 17.3 Å². The number of halogens is 3. The van der Waals surface area contributed by atoms with E-state index in [1.807, 2.05) is 0 Å². The maximum atomic E-state index is 12.9. The van der Waals surface area contributed by atoms with E-state index in [4.69, 9.17) is 16.3 Å². The van der Waals surface area contributed by atoms with Crippen LogP contribution in [-0.4, -0.2) is 47.3 Å². The SMILES string of the molecule is COC1=NC2=C(C(=O)Nc3c[nH]nc3-c3cc(Cl)ccc3OC(F)F)CNN2C=C1. The summed E-state index contributed by atoms with van der Waals surface area (Å²) in [6, 6.07) is 4.15. The van der Waals surface area contributed by atoms with Gasteiger partial charge in [-0.15, -0.1) is 0 Å². The molecule has 0 bridgehead atoms. The number of methoxy groups -OCH3 is 1. The van der Waals surface area contributed by atoms with Gasteiger partial charge in [-0.25, -0.2) is 5.43 Å². The summed E-state index contributed by atoms with van der Waals surface area (Å²) in [5.74, 6) is 0.170. The number of aromatic nitrogens is 2. The fourth-order valence-corrected chi connectivity index (χ4v) is 3.13. The first-order valence-corrected chi connectivity index (χ1v) is 9.00. The van der Waals surface area contributed by atoms with Crippen LogP contribution in [0.15, 0.2) is 53.1 Å². The van der Waals surface area contributed by atoms with Gasteiger partial charge in [-0.3, -0.25) is 14.9 Å². The minimum absolute atomic E-state index is 0.125. The summed E-state index contributed by atoms with van der Waals surface area (Å²) in [4.78, 5) is 17.2. The standard InChI is InChI=1S/C18H15ClF2N6O3/c1-29-14-4-5-27-16(25-14)11(7-23-27)17(28)24-12-8-22-26-15(12)10-6-9(19)2-3-13(10)30-18(20)21/h2-6,8,18,23H,7H2,1H3,(H,22,26)(H,24,28). The van der Waals surface area contributed by atoms with E-state index in [-0.39, 0.29) is 29.2 Å². The first-order chi connectivity index (χ1) is 14.5. The van der Waals surface area contributed by atoms with Crippen LogP contribution in [0, 0.1) is 0 Å². The number of aliphatic imine (C=N–C) groups is 1. The fourth-order valence-electron chi connectivity index (χ4n) is 2.96. The number of alkyl halides is 2. The van der Waals surface area contributed by atoms with Gasteiger partial charge in [0.1, 0.15) is 11.4 Å². The highest BCUT2D eigenvalue weighted by Crippen LogP contribution is 2.36. The summed E-state index contributed by atoms with van der Waals surface area (Å²) in [7, 11) is 1.48. The molecule has 9 nitrogen and oxygen atoms in total. The van der Waals surface area contributed by atoms with Crippen LogP contribution < -0.4 is 15.5 Å². The number of amides is 1. The number of H-pyrrole nitrogens is 1. The van der Waals surface area contributed by atoms with Crippen molar-refractivity contribution in [3.05, 3.63) is 53.1 Å². The molecule has 0 atom stereocenters. The lowest BCUT2D eigenvalue weighted by atomic mass is 10.1. The number of hydrogen-bond acceptors (Lipinski definition) is 7. The molecule has 0 unspecified atom stereocenters. The average Bonchev–Trinajstić information content (AvgIpc) is 3.35. The molecular formula is C18H15ClF2N6O3. The van der Waals surface area contributed by atoms with Gasteiger partial charge in [-0.1, -0.05) is 11.6 Å². The van der Waals surface area contributed by atoms with Gasteiger partial charge in [0.2, 0.25) is 5.90 Å². The Hall–Kier alpha value is -3.44. The maximum absolute atomic E-state index is 12.9. The van der Waals surface area contributed by atoms with E-state index in [1.165, 1.54) is 31.5 Å². The highest BCUT2D eigenvalue weighted by Gasteiger charge is 2.29. The number of hydrogen-bond donors (Lipinski definition) is 3. The number of carbonyl (C=O) groups excluding carboxylic acids is 1. The van der Waals surface area contributed by atoms with Crippen molar-refractivity contribution in [3.8, 4) is 17.0 Å². The number of anilines is 1. The largest absolute Gasteiger partial charge is 0.481 e. The Morgan fingerprint density at radius 1 is 1.40 bits per heavy atom. The summed E-state index contributed by atoms with van der Waals surface area (Å²) in [6.07, 6.45) is 4.76. The zero-order valence-electron chi connectivity index (χ0n) is 15.4. The summed E-state index contributed by atoms with van der Waals surface area (Å²) in [6.45, 7) is -2.80. The molecule has 0 spiro atoms. The number of aromatic amines is 1. The molecule has 1 aromatic heterocycles. The van der Waals surface area contributed by atoms with E-state index >= 15 is 0 Å². The van der Waals surface area contributed by atoms with Crippen LogP contribution >= 0.6 is 11.6 Å². The Morgan fingerprint density at radius 2 is 2.23 bits per heavy atom. The third kappa shape index (κ3) is 3.84. The summed E-state index contributed by atoms with van der Waals surface area (Å²) >= 11 is 6.01. The van der Waals surface area contributed by atoms with Crippen molar-refractivity contribution >= 4 is 29.1 Å². The number of nitrogens with zero attached hydrogens (tertiary/aromatic N) is 3. The number of ether oxygens (including phenoxy) is 2. The second-order valence-corrected chi connectivity index (χ2v) is 6.53. The number of fused-ring (bicyclic) bond motifs is 1. The van der Waals surface area contributed by atoms with Crippen LogP contribution in [0.1, 0.15) is 0 Å². The second-order valence-electron chi connectivity index (χ2n) is 6.10. The molecule has 0 aliphatic carbocycles. The van der Waals surface area contributed by atoms with E-state index < -0.39 is 12.5 Å².